The molecule has 1 amide bonds. The van der Waals surface area contributed by atoms with E-state index in [2.05, 4.69) is 55.9 Å². The third kappa shape index (κ3) is 6.26. The molecule has 0 atom stereocenters. The third-order valence-electron chi connectivity index (χ3n) is 5.54. The molecule has 2 aromatic heterocycles. The number of amides is 1. The van der Waals surface area contributed by atoms with Crippen molar-refractivity contribution in [3.63, 3.8) is 0 Å². The first-order valence-corrected chi connectivity index (χ1v) is 12.8. The Labute approximate surface area is 205 Å². The first-order valence-electron chi connectivity index (χ1n) is 11.9. The minimum Gasteiger partial charge on any atom is -0.338 e. The lowest BCUT2D eigenvalue weighted by Gasteiger charge is -2.26. The van der Waals surface area contributed by atoms with Crippen LogP contribution in [0.25, 0.3) is 10.2 Å². The van der Waals surface area contributed by atoms with Gasteiger partial charge in [-0.05, 0) is 53.3 Å². The fourth-order valence-electron chi connectivity index (χ4n) is 4.14. The highest BCUT2D eigenvalue weighted by Gasteiger charge is 2.18. The summed E-state index contributed by atoms with van der Waals surface area (Å²) >= 11 is 1.65. The Morgan fingerprint density at radius 3 is 2.44 bits per heavy atom. The summed E-state index contributed by atoms with van der Waals surface area (Å²) in [5, 5.41) is 0. The highest BCUT2D eigenvalue weighted by Crippen LogP contribution is 2.21. The van der Waals surface area contributed by atoms with Crippen LogP contribution in [0.5, 0.6) is 0 Å². The number of carbonyl (C=O) groups excluding carboxylic acids is 1. The van der Waals surface area contributed by atoms with Gasteiger partial charge in [0.2, 0.25) is 0 Å². The van der Waals surface area contributed by atoms with Crippen molar-refractivity contribution in [2.45, 2.75) is 40.5 Å². The Morgan fingerprint density at radius 2 is 1.68 bits per heavy atom. The molecular weight excluding hydrogens is 440 g/mol. The summed E-state index contributed by atoms with van der Waals surface area (Å²) in [5.74, 6) is 1.72. The van der Waals surface area contributed by atoms with Crippen LogP contribution >= 0.6 is 11.3 Å². The SMILES string of the molecule is CC(C)CN(CC(C)C)C(=O)c1cccc(Cc2nccc(Cc3ccc4ncsc4c3)n2)c1. The molecule has 0 aliphatic heterocycles. The molecule has 0 bridgehead atoms. The largest absolute Gasteiger partial charge is 0.338 e. The van der Waals surface area contributed by atoms with Gasteiger partial charge in [0.15, 0.2) is 0 Å². The Bertz CT molecular complexity index is 1250. The number of benzene rings is 2. The minimum atomic E-state index is 0.0948. The molecule has 2 heterocycles. The van der Waals surface area contributed by atoms with E-state index < -0.39 is 0 Å². The van der Waals surface area contributed by atoms with Gasteiger partial charge < -0.3 is 4.90 Å². The first-order chi connectivity index (χ1) is 16.4. The van der Waals surface area contributed by atoms with E-state index in [9.17, 15) is 4.79 Å². The predicted octanol–water partition coefficient (Wildman–Crippen LogP) is 6.02. The molecule has 2 aromatic carbocycles. The number of nitrogens with zero attached hydrogens (tertiary/aromatic N) is 4. The molecule has 0 radical (unpaired) electrons. The van der Waals surface area contributed by atoms with Crippen molar-refractivity contribution in [3.8, 4) is 0 Å². The maximum Gasteiger partial charge on any atom is 0.253 e. The molecule has 34 heavy (non-hydrogen) atoms. The molecule has 4 aromatic rings. The molecule has 0 aliphatic rings. The Morgan fingerprint density at radius 1 is 0.912 bits per heavy atom. The molecule has 5 nitrogen and oxygen atoms in total. The van der Waals surface area contributed by atoms with Gasteiger partial charge in [0, 0.05) is 43.4 Å². The average molecular weight is 473 g/mol. The summed E-state index contributed by atoms with van der Waals surface area (Å²) in [4.78, 5) is 28.9. The minimum absolute atomic E-state index is 0.0948. The lowest BCUT2D eigenvalue weighted by molar-refractivity contribution is 0.0715. The molecular formula is C28H32N4OS. The summed E-state index contributed by atoms with van der Waals surface area (Å²) in [6.07, 6.45) is 3.17. The van der Waals surface area contributed by atoms with Crippen LogP contribution in [0.3, 0.4) is 0 Å². The van der Waals surface area contributed by atoms with E-state index in [0.29, 0.717) is 18.3 Å². The lowest BCUT2D eigenvalue weighted by atomic mass is 10.0. The topological polar surface area (TPSA) is 59.0 Å². The molecule has 6 heteroatoms. The van der Waals surface area contributed by atoms with Gasteiger partial charge in [0.05, 0.1) is 15.7 Å². The number of aromatic nitrogens is 3. The van der Waals surface area contributed by atoms with E-state index in [1.807, 2.05) is 46.9 Å². The molecule has 0 fully saturated rings. The Balaban J connectivity index is 1.48. The van der Waals surface area contributed by atoms with Crippen molar-refractivity contribution in [2.75, 3.05) is 13.1 Å². The van der Waals surface area contributed by atoms with Gasteiger partial charge in [-0.3, -0.25) is 4.79 Å². The number of carbonyl (C=O) groups is 1. The molecule has 0 saturated heterocycles. The van der Waals surface area contributed by atoms with Crippen LogP contribution in [-0.2, 0) is 12.8 Å². The maximum absolute atomic E-state index is 13.2. The van der Waals surface area contributed by atoms with Gasteiger partial charge in [0.25, 0.3) is 5.91 Å². The van der Waals surface area contributed by atoms with Crippen LogP contribution in [0.4, 0.5) is 0 Å². The van der Waals surface area contributed by atoms with Crippen LogP contribution in [0.2, 0.25) is 0 Å². The number of hydrogen-bond donors (Lipinski definition) is 0. The van der Waals surface area contributed by atoms with E-state index in [4.69, 9.17) is 4.98 Å². The highest BCUT2D eigenvalue weighted by atomic mass is 32.1. The normalized spacial score (nSPS) is 11.5. The third-order valence-corrected chi connectivity index (χ3v) is 6.33. The summed E-state index contributed by atoms with van der Waals surface area (Å²) in [6, 6.07) is 16.2. The van der Waals surface area contributed by atoms with Crippen LogP contribution in [-0.4, -0.2) is 38.8 Å². The van der Waals surface area contributed by atoms with Crippen molar-refractivity contribution < 1.29 is 4.79 Å². The summed E-state index contributed by atoms with van der Waals surface area (Å²) in [7, 11) is 0. The number of hydrogen-bond acceptors (Lipinski definition) is 5. The van der Waals surface area contributed by atoms with Gasteiger partial charge in [-0.25, -0.2) is 15.0 Å². The zero-order valence-corrected chi connectivity index (χ0v) is 21.2. The maximum atomic E-state index is 13.2. The van der Waals surface area contributed by atoms with Crippen LogP contribution in [0.15, 0.2) is 60.2 Å². The molecule has 0 unspecified atom stereocenters. The van der Waals surface area contributed by atoms with E-state index in [1.165, 1.54) is 10.3 Å². The van der Waals surface area contributed by atoms with Gasteiger partial charge >= 0.3 is 0 Å². The smallest absolute Gasteiger partial charge is 0.253 e. The number of fused-ring (bicyclic) bond motifs is 1. The summed E-state index contributed by atoms with van der Waals surface area (Å²) < 4.78 is 1.19. The molecule has 4 rings (SSSR count). The molecule has 0 aliphatic carbocycles. The van der Waals surface area contributed by atoms with Gasteiger partial charge in [0.1, 0.15) is 5.82 Å². The second kappa shape index (κ2) is 10.9. The van der Waals surface area contributed by atoms with Gasteiger partial charge in [-0.15, -0.1) is 11.3 Å². The molecule has 0 spiro atoms. The molecule has 0 N–H and O–H groups in total. The van der Waals surface area contributed by atoms with Crippen LogP contribution < -0.4 is 0 Å². The second-order valence-corrected chi connectivity index (χ2v) is 10.6. The van der Waals surface area contributed by atoms with Crippen molar-refractivity contribution in [3.05, 3.63) is 88.4 Å². The molecule has 0 saturated carbocycles. The van der Waals surface area contributed by atoms with Crippen molar-refractivity contribution in [1.29, 1.82) is 0 Å². The van der Waals surface area contributed by atoms with E-state index in [1.54, 1.807) is 11.3 Å². The Kier molecular flexibility index (Phi) is 7.68. The number of rotatable bonds is 9. The summed E-state index contributed by atoms with van der Waals surface area (Å²) in [5.41, 5.74) is 6.88. The van der Waals surface area contributed by atoms with Crippen LogP contribution in [0, 0.1) is 11.8 Å². The lowest BCUT2D eigenvalue weighted by Crippen LogP contribution is -2.37. The van der Waals surface area contributed by atoms with Gasteiger partial charge in [-0.2, -0.15) is 0 Å². The fourth-order valence-corrected chi connectivity index (χ4v) is 4.89. The van der Waals surface area contributed by atoms with Crippen LogP contribution in [0.1, 0.15) is 60.7 Å². The average Bonchev–Trinajstić information content (AvgIpc) is 3.26. The van der Waals surface area contributed by atoms with E-state index >= 15 is 0 Å². The standard InChI is InChI=1S/C28H32N4OS/c1-19(2)16-32(17-20(3)4)28(33)23-7-5-6-21(12-23)15-27-29-11-10-24(31-27)13-22-8-9-25-26(14-22)34-18-30-25/h5-12,14,18-20H,13,15-17H2,1-4H3. The first kappa shape index (κ1) is 24.0. The predicted molar refractivity (Wildman–Crippen MR) is 139 cm³/mol. The van der Waals surface area contributed by atoms with Crippen molar-refractivity contribution >= 4 is 27.5 Å². The summed E-state index contributed by atoms with van der Waals surface area (Å²) in [6.45, 7) is 10.1. The fraction of sp³-hybridized carbons (Fsp3) is 0.357. The highest BCUT2D eigenvalue weighted by molar-refractivity contribution is 7.16. The van der Waals surface area contributed by atoms with Crippen molar-refractivity contribution in [1.82, 2.24) is 19.9 Å². The number of thiazole rings is 1. The van der Waals surface area contributed by atoms with E-state index in [0.717, 1.165) is 47.7 Å². The van der Waals surface area contributed by atoms with Gasteiger partial charge in [-0.1, -0.05) is 45.9 Å². The van der Waals surface area contributed by atoms with Crippen molar-refractivity contribution in [2.24, 2.45) is 11.8 Å². The monoisotopic (exact) mass is 472 g/mol. The zero-order valence-electron chi connectivity index (χ0n) is 20.4. The quantitative estimate of drug-likeness (QED) is 0.299. The van der Waals surface area contributed by atoms with E-state index in [-0.39, 0.29) is 5.91 Å². The Hall–Kier alpha value is -3.12. The molecule has 176 valence electrons. The zero-order chi connectivity index (χ0) is 24.1. The second-order valence-electron chi connectivity index (χ2n) is 9.67.